The molecule has 2 aliphatic rings. The third-order valence-electron chi connectivity index (χ3n) is 4.60. The van der Waals surface area contributed by atoms with Gasteiger partial charge in [0.15, 0.2) is 0 Å². The van der Waals surface area contributed by atoms with Crippen molar-refractivity contribution in [3.8, 4) is 0 Å². The van der Waals surface area contributed by atoms with Crippen LogP contribution in [0.2, 0.25) is 0 Å². The molecule has 0 amide bonds. The van der Waals surface area contributed by atoms with Crippen molar-refractivity contribution in [3.63, 3.8) is 0 Å². The number of carbonyl (C=O) groups is 1. The van der Waals surface area contributed by atoms with Gasteiger partial charge in [-0.3, -0.25) is 0 Å². The Morgan fingerprint density at radius 2 is 1.62 bits per heavy atom. The first kappa shape index (κ1) is 18.8. The van der Waals surface area contributed by atoms with Crippen molar-refractivity contribution in [3.05, 3.63) is 23.8 Å². The van der Waals surface area contributed by atoms with Crippen molar-refractivity contribution >= 4 is 29.8 Å². The van der Waals surface area contributed by atoms with Gasteiger partial charge in [-0.1, -0.05) is 0 Å². The number of nitrogens with zero attached hydrogens (tertiary/aromatic N) is 2. The van der Waals surface area contributed by atoms with Gasteiger partial charge in [0, 0.05) is 43.6 Å². The van der Waals surface area contributed by atoms with Gasteiger partial charge >= 0.3 is 5.97 Å². The summed E-state index contributed by atoms with van der Waals surface area (Å²) < 4.78 is 10.3. The van der Waals surface area contributed by atoms with E-state index in [0.717, 1.165) is 63.6 Å². The number of piperidine rings is 1. The molecule has 0 aromatic heterocycles. The van der Waals surface area contributed by atoms with E-state index in [4.69, 9.17) is 15.2 Å². The average Bonchev–Trinajstić information content (AvgIpc) is 2.62. The number of morpholine rings is 1. The summed E-state index contributed by atoms with van der Waals surface area (Å²) >= 11 is 0. The minimum absolute atomic E-state index is 0. The Morgan fingerprint density at radius 1 is 1.08 bits per heavy atom. The SMILES string of the molecule is COC(=O)c1cc(N2CCOCC2)cc(N2CCC(N)CC2)c1.Cl. The lowest BCUT2D eigenvalue weighted by molar-refractivity contribution is 0.0601. The summed E-state index contributed by atoms with van der Waals surface area (Å²) in [4.78, 5) is 16.6. The molecule has 0 spiro atoms. The molecule has 1 aromatic carbocycles. The molecule has 0 aliphatic carbocycles. The van der Waals surface area contributed by atoms with Gasteiger partial charge in [-0.25, -0.2) is 4.79 Å². The lowest BCUT2D eigenvalue weighted by Crippen LogP contribution is -2.40. The van der Waals surface area contributed by atoms with Crippen LogP contribution in [-0.4, -0.2) is 58.5 Å². The van der Waals surface area contributed by atoms with E-state index < -0.39 is 0 Å². The largest absolute Gasteiger partial charge is 0.465 e. The Bertz CT molecular complexity index is 556. The van der Waals surface area contributed by atoms with E-state index >= 15 is 0 Å². The van der Waals surface area contributed by atoms with E-state index in [9.17, 15) is 4.79 Å². The molecule has 0 bridgehead atoms. The first-order chi connectivity index (χ1) is 11.2. The van der Waals surface area contributed by atoms with Crippen LogP contribution >= 0.6 is 12.4 Å². The van der Waals surface area contributed by atoms with Crippen molar-refractivity contribution in [2.75, 3.05) is 56.3 Å². The van der Waals surface area contributed by atoms with Crippen molar-refractivity contribution in [1.82, 2.24) is 0 Å². The topological polar surface area (TPSA) is 68.0 Å². The van der Waals surface area contributed by atoms with Crippen molar-refractivity contribution in [2.45, 2.75) is 18.9 Å². The van der Waals surface area contributed by atoms with Gasteiger partial charge in [0.25, 0.3) is 0 Å². The monoisotopic (exact) mass is 355 g/mol. The minimum Gasteiger partial charge on any atom is -0.465 e. The lowest BCUT2D eigenvalue weighted by Gasteiger charge is -2.34. The summed E-state index contributed by atoms with van der Waals surface area (Å²) in [6.07, 6.45) is 1.96. The molecule has 6 nitrogen and oxygen atoms in total. The number of anilines is 2. The van der Waals surface area contributed by atoms with E-state index in [2.05, 4.69) is 15.9 Å². The quantitative estimate of drug-likeness (QED) is 0.832. The molecule has 7 heteroatoms. The van der Waals surface area contributed by atoms with Gasteiger partial charge in [-0.2, -0.15) is 0 Å². The highest BCUT2D eigenvalue weighted by Crippen LogP contribution is 2.28. The van der Waals surface area contributed by atoms with E-state index in [1.807, 2.05) is 12.1 Å². The Hall–Kier alpha value is -1.50. The molecule has 3 rings (SSSR count). The summed E-state index contributed by atoms with van der Waals surface area (Å²) in [6, 6.07) is 6.28. The highest BCUT2D eigenvalue weighted by atomic mass is 35.5. The Balaban J connectivity index is 0.00000208. The van der Waals surface area contributed by atoms with Crippen molar-refractivity contribution in [2.24, 2.45) is 5.73 Å². The third kappa shape index (κ3) is 4.32. The van der Waals surface area contributed by atoms with Gasteiger partial charge in [0.05, 0.1) is 25.9 Å². The second-order valence-electron chi connectivity index (χ2n) is 6.15. The Morgan fingerprint density at radius 3 is 2.17 bits per heavy atom. The zero-order valence-corrected chi connectivity index (χ0v) is 14.9. The zero-order chi connectivity index (χ0) is 16.2. The smallest absolute Gasteiger partial charge is 0.337 e. The molecule has 2 saturated heterocycles. The molecular formula is C17H26ClN3O3. The number of esters is 1. The van der Waals surface area contributed by atoms with Crippen LogP contribution in [-0.2, 0) is 9.47 Å². The average molecular weight is 356 g/mol. The standard InChI is InChI=1S/C17H25N3O3.ClH/c1-22-17(21)13-10-15(19-4-2-14(18)3-5-19)12-16(11-13)20-6-8-23-9-7-20;/h10-12,14H,2-9,18H2,1H3;1H. The molecule has 0 radical (unpaired) electrons. The summed E-state index contributed by atoms with van der Waals surface area (Å²) in [5.74, 6) is -0.296. The maximum atomic E-state index is 12.0. The fourth-order valence-electron chi connectivity index (χ4n) is 3.18. The highest BCUT2D eigenvalue weighted by Gasteiger charge is 2.20. The number of halogens is 1. The number of benzene rings is 1. The Labute approximate surface area is 149 Å². The van der Waals surface area contributed by atoms with Gasteiger partial charge < -0.3 is 25.0 Å². The second-order valence-corrected chi connectivity index (χ2v) is 6.15. The molecular weight excluding hydrogens is 330 g/mol. The van der Waals surface area contributed by atoms with E-state index in [1.165, 1.54) is 7.11 Å². The van der Waals surface area contributed by atoms with Crippen LogP contribution in [0.3, 0.4) is 0 Å². The molecule has 2 aliphatic heterocycles. The fraction of sp³-hybridized carbons (Fsp3) is 0.588. The van der Waals surface area contributed by atoms with E-state index in [1.54, 1.807) is 0 Å². The van der Waals surface area contributed by atoms with Gasteiger partial charge in [-0.15, -0.1) is 12.4 Å². The molecule has 24 heavy (non-hydrogen) atoms. The van der Waals surface area contributed by atoms with Gasteiger partial charge in [0.1, 0.15) is 0 Å². The molecule has 1 aromatic rings. The predicted octanol–water partition coefficient (Wildman–Crippen LogP) is 1.66. The number of hydrogen-bond acceptors (Lipinski definition) is 6. The van der Waals surface area contributed by atoms with Crippen molar-refractivity contribution < 1.29 is 14.3 Å². The summed E-state index contributed by atoms with van der Waals surface area (Å²) in [6.45, 7) is 4.97. The number of nitrogens with two attached hydrogens (primary N) is 1. The summed E-state index contributed by atoms with van der Waals surface area (Å²) in [5.41, 5.74) is 8.72. The molecule has 134 valence electrons. The Kier molecular flexibility index (Phi) is 6.71. The van der Waals surface area contributed by atoms with Crippen molar-refractivity contribution in [1.29, 1.82) is 0 Å². The lowest BCUT2D eigenvalue weighted by atomic mass is 10.0. The van der Waals surface area contributed by atoms with Gasteiger partial charge in [0.2, 0.25) is 0 Å². The summed E-state index contributed by atoms with van der Waals surface area (Å²) in [5, 5.41) is 0. The second kappa shape index (κ2) is 8.55. The number of carbonyl (C=O) groups excluding carboxylic acids is 1. The summed E-state index contributed by atoms with van der Waals surface area (Å²) in [7, 11) is 1.42. The molecule has 0 atom stereocenters. The first-order valence-electron chi connectivity index (χ1n) is 8.24. The number of hydrogen-bond donors (Lipinski definition) is 1. The van der Waals surface area contributed by atoms with Crippen LogP contribution in [0.4, 0.5) is 11.4 Å². The van der Waals surface area contributed by atoms with E-state index in [-0.39, 0.29) is 24.4 Å². The zero-order valence-electron chi connectivity index (χ0n) is 14.1. The molecule has 2 N–H and O–H groups in total. The fourth-order valence-corrected chi connectivity index (χ4v) is 3.18. The minimum atomic E-state index is -0.296. The molecule has 2 fully saturated rings. The normalized spacial score (nSPS) is 18.9. The van der Waals surface area contributed by atoms with Crippen LogP contribution in [0.15, 0.2) is 18.2 Å². The van der Waals surface area contributed by atoms with Crippen LogP contribution < -0.4 is 15.5 Å². The highest BCUT2D eigenvalue weighted by molar-refractivity contribution is 5.92. The van der Waals surface area contributed by atoms with E-state index in [0.29, 0.717) is 5.56 Å². The first-order valence-corrected chi connectivity index (χ1v) is 8.24. The number of methoxy groups -OCH3 is 1. The van der Waals surface area contributed by atoms with Gasteiger partial charge in [-0.05, 0) is 31.0 Å². The predicted molar refractivity (Wildman–Crippen MR) is 97.5 cm³/mol. The number of rotatable bonds is 3. The molecule has 2 heterocycles. The number of ether oxygens (including phenoxy) is 2. The van der Waals surface area contributed by atoms with Crippen LogP contribution in [0, 0.1) is 0 Å². The maximum absolute atomic E-state index is 12.0. The third-order valence-corrected chi connectivity index (χ3v) is 4.60. The molecule has 0 saturated carbocycles. The van der Waals surface area contributed by atoms with Crippen LogP contribution in [0.25, 0.3) is 0 Å². The van der Waals surface area contributed by atoms with Crippen LogP contribution in [0.5, 0.6) is 0 Å². The molecule has 0 unspecified atom stereocenters. The maximum Gasteiger partial charge on any atom is 0.337 e. The van der Waals surface area contributed by atoms with Crippen LogP contribution in [0.1, 0.15) is 23.2 Å².